The first kappa shape index (κ1) is 16.3. The van der Waals surface area contributed by atoms with E-state index in [4.69, 9.17) is 0 Å². The summed E-state index contributed by atoms with van der Waals surface area (Å²) in [7, 11) is 0. The van der Waals surface area contributed by atoms with Gasteiger partial charge < -0.3 is 9.80 Å². The van der Waals surface area contributed by atoms with Crippen molar-refractivity contribution in [2.75, 3.05) is 26.2 Å². The summed E-state index contributed by atoms with van der Waals surface area (Å²) in [5, 5.41) is 0. The molecule has 2 unspecified atom stereocenters. The van der Waals surface area contributed by atoms with Crippen molar-refractivity contribution >= 4 is 11.8 Å². The lowest BCUT2D eigenvalue weighted by Crippen LogP contribution is -2.54. The molecule has 2 aliphatic heterocycles. The van der Waals surface area contributed by atoms with E-state index < -0.39 is 5.41 Å². The molecule has 0 aromatic heterocycles. The Labute approximate surface area is 128 Å². The van der Waals surface area contributed by atoms with Crippen LogP contribution in [0.3, 0.4) is 0 Å². The molecule has 0 spiro atoms. The zero-order valence-electron chi connectivity index (χ0n) is 14.0. The lowest BCUT2D eigenvalue weighted by Gasteiger charge is -2.40. The predicted molar refractivity (Wildman–Crippen MR) is 83.7 cm³/mol. The topological polar surface area (TPSA) is 40.6 Å². The summed E-state index contributed by atoms with van der Waals surface area (Å²) in [5.74, 6) is 1.11. The van der Waals surface area contributed by atoms with E-state index in [9.17, 15) is 9.59 Å². The van der Waals surface area contributed by atoms with Crippen molar-refractivity contribution in [3.05, 3.63) is 0 Å². The van der Waals surface area contributed by atoms with Crippen molar-refractivity contribution in [1.29, 1.82) is 0 Å². The van der Waals surface area contributed by atoms with Gasteiger partial charge in [0.2, 0.25) is 11.8 Å². The normalized spacial score (nSPS) is 27.6. The second kappa shape index (κ2) is 6.37. The molecule has 120 valence electrons. The standard InChI is InChI=1S/C17H30N2O2/c1-13-7-5-9-18(11-13)15(20)17(3,4)16(21)19-10-6-8-14(2)12-19/h13-14H,5-12H2,1-4H3. The van der Waals surface area contributed by atoms with Crippen molar-refractivity contribution in [3.63, 3.8) is 0 Å². The van der Waals surface area contributed by atoms with Gasteiger partial charge >= 0.3 is 0 Å². The van der Waals surface area contributed by atoms with Crippen molar-refractivity contribution in [2.24, 2.45) is 17.3 Å². The van der Waals surface area contributed by atoms with Crippen LogP contribution in [0.15, 0.2) is 0 Å². The Morgan fingerprint density at radius 1 is 0.857 bits per heavy atom. The second-order valence-electron chi connectivity index (χ2n) is 7.62. The number of carbonyl (C=O) groups excluding carboxylic acids is 2. The van der Waals surface area contributed by atoms with Gasteiger partial charge in [-0.15, -0.1) is 0 Å². The third kappa shape index (κ3) is 3.58. The van der Waals surface area contributed by atoms with Gasteiger partial charge in [-0.1, -0.05) is 13.8 Å². The number of amides is 2. The van der Waals surface area contributed by atoms with Gasteiger partial charge in [-0.3, -0.25) is 9.59 Å². The summed E-state index contributed by atoms with van der Waals surface area (Å²) >= 11 is 0. The lowest BCUT2D eigenvalue weighted by molar-refractivity contribution is -0.156. The van der Waals surface area contributed by atoms with E-state index in [0.717, 1.165) is 39.0 Å². The summed E-state index contributed by atoms with van der Waals surface area (Å²) < 4.78 is 0. The molecule has 0 bridgehead atoms. The van der Waals surface area contributed by atoms with Crippen LogP contribution in [0.2, 0.25) is 0 Å². The molecule has 2 amide bonds. The molecule has 4 nitrogen and oxygen atoms in total. The molecule has 2 heterocycles. The number of rotatable bonds is 2. The number of piperidine rings is 2. The molecule has 4 heteroatoms. The van der Waals surface area contributed by atoms with Crippen LogP contribution in [0, 0.1) is 17.3 Å². The minimum absolute atomic E-state index is 0.0114. The molecule has 2 saturated heterocycles. The molecule has 21 heavy (non-hydrogen) atoms. The van der Waals surface area contributed by atoms with E-state index in [1.54, 1.807) is 13.8 Å². The highest BCUT2D eigenvalue weighted by Gasteiger charge is 2.43. The molecule has 2 rings (SSSR count). The van der Waals surface area contributed by atoms with Gasteiger partial charge in [-0.2, -0.15) is 0 Å². The van der Waals surface area contributed by atoms with Crippen molar-refractivity contribution < 1.29 is 9.59 Å². The zero-order valence-corrected chi connectivity index (χ0v) is 14.0. The highest BCUT2D eigenvalue weighted by Crippen LogP contribution is 2.28. The molecule has 2 fully saturated rings. The number of likely N-dealkylation sites (tertiary alicyclic amines) is 2. The van der Waals surface area contributed by atoms with Gasteiger partial charge in [0, 0.05) is 26.2 Å². The van der Waals surface area contributed by atoms with Gasteiger partial charge in [0.15, 0.2) is 0 Å². The van der Waals surface area contributed by atoms with Crippen molar-refractivity contribution in [2.45, 2.75) is 53.4 Å². The van der Waals surface area contributed by atoms with Gasteiger partial charge in [-0.05, 0) is 51.4 Å². The largest absolute Gasteiger partial charge is 0.342 e. The average molecular weight is 294 g/mol. The van der Waals surface area contributed by atoms with Gasteiger partial charge in [-0.25, -0.2) is 0 Å². The van der Waals surface area contributed by atoms with Crippen LogP contribution in [0.25, 0.3) is 0 Å². The lowest BCUT2D eigenvalue weighted by atomic mass is 9.86. The van der Waals surface area contributed by atoms with Crippen LogP contribution in [0.4, 0.5) is 0 Å². The van der Waals surface area contributed by atoms with E-state index >= 15 is 0 Å². The molecular weight excluding hydrogens is 264 g/mol. The summed E-state index contributed by atoms with van der Waals surface area (Å²) in [4.78, 5) is 29.4. The van der Waals surface area contributed by atoms with Crippen LogP contribution in [0.5, 0.6) is 0 Å². The highest BCUT2D eigenvalue weighted by molar-refractivity contribution is 6.04. The Bertz CT molecular complexity index is 370. The molecule has 0 aromatic carbocycles. The monoisotopic (exact) mass is 294 g/mol. The van der Waals surface area contributed by atoms with E-state index in [1.165, 1.54) is 12.8 Å². The van der Waals surface area contributed by atoms with Gasteiger partial charge in [0.25, 0.3) is 0 Å². The van der Waals surface area contributed by atoms with E-state index in [1.807, 2.05) is 9.80 Å². The first-order valence-corrected chi connectivity index (χ1v) is 8.41. The van der Waals surface area contributed by atoms with Crippen LogP contribution >= 0.6 is 0 Å². The number of carbonyl (C=O) groups is 2. The fourth-order valence-electron chi connectivity index (χ4n) is 3.63. The van der Waals surface area contributed by atoms with Crippen LogP contribution in [-0.2, 0) is 9.59 Å². The maximum atomic E-state index is 12.8. The van der Waals surface area contributed by atoms with Crippen LogP contribution < -0.4 is 0 Å². The summed E-state index contributed by atoms with van der Waals surface area (Å²) in [6.07, 6.45) is 4.47. The zero-order chi connectivity index (χ0) is 15.6. The summed E-state index contributed by atoms with van der Waals surface area (Å²) in [6.45, 7) is 11.2. The Kier molecular flexibility index (Phi) is 4.95. The maximum Gasteiger partial charge on any atom is 0.237 e. The Morgan fingerprint density at radius 3 is 1.57 bits per heavy atom. The van der Waals surface area contributed by atoms with E-state index in [-0.39, 0.29) is 11.8 Å². The molecule has 0 radical (unpaired) electrons. The third-order valence-corrected chi connectivity index (χ3v) is 4.96. The van der Waals surface area contributed by atoms with Gasteiger partial charge in [0.05, 0.1) is 0 Å². The molecule has 0 saturated carbocycles. The van der Waals surface area contributed by atoms with Crippen LogP contribution in [0.1, 0.15) is 53.4 Å². The average Bonchev–Trinajstić information content (AvgIpc) is 2.45. The minimum Gasteiger partial charge on any atom is -0.342 e. The molecule has 2 atom stereocenters. The third-order valence-electron chi connectivity index (χ3n) is 4.96. The first-order valence-electron chi connectivity index (χ1n) is 8.41. The Balaban J connectivity index is 2.05. The SMILES string of the molecule is CC1CCCN(C(=O)C(C)(C)C(=O)N2CCCC(C)C2)C1. The second-order valence-corrected chi connectivity index (χ2v) is 7.62. The van der Waals surface area contributed by atoms with Gasteiger partial charge in [0.1, 0.15) is 5.41 Å². The first-order chi connectivity index (χ1) is 9.82. The number of hydrogen-bond donors (Lipinski definition) is 0. The fourth-order valence-corrected chi connectivity index (χ4v) is 3.63. The minimum atomic E-state index is -0.923. The molecule has 0 aliphatic carbocycles. The van der Waals surface area contributed by atoms with E-state index in [2.05, 4.69) is 13.8 Å². The number of nitrogens with zero attached hydrogens (tertiary/aromatic N) is 2. The molecular formula is C17H30N2O2. The highest BCUT2D eigenvalue weighted by atomic mass is 16.2. The Morgan fingerprint density at radius 2 is 1.24 bits per heavy atom. The van der Waals surface area contributed by atoms with Crippen LogP contribution in [-0.4, -0.2) is 47.8 Å². The molecule has 0 aromatic rings. The van der Waals surface area contributed by atoms with Crippen molar-refractivity contribution in [1.82, 2.24) is 9.80 Å². The smallest absolute Gasteiger partial charge is 0.237 e. The molecule has 2 aliphatic rings. The Hall–Kier alpha value is -1.06. The van der Waals surface area contributed by atoms with Crippen molar-refractivity contribution in [3.8, 4) is 0 Å². The number of hydrogen-bond acceptors (Lipinski definition) is 2. The predicted octanol–water partition coefficient (Wildman–Crippen LogP) is 2.53. The molecule has 0 N–H and O–H groups in total. The summed E-state index contributed by atoms with van der Waals surface area (Å²) in [6, 6.07) is 0. The van der Waals surface area contributed by atoms with E-state index in [0.29, 0.717) is 11.8 Å². The fraction of sp³-hybridized carbons (Fsp3) is 0.882. The quantitative estimate of drug-likeness (QED) is 0.734. The summed E-state index contributed by atoms with van der Waals surface area (Å²) in [5.41, 5.74) is -0.923. The maximum absolute atomic E-state index is 12.8.